The van der Waals surface area contributed by atoms with Gasteiger partial charge in [-0.2, -0.15) is 0 Å². The molecular formula is C19H33NO2. The van der Waals surface area contributed by atoms with Crippen molar-refractivity contribution in [2.45, 2.75) is 84.8 Å². The largest absolute Gasteiger partial charge is 0.378 e. The second kappa shape index (κ2) is 5.81. The first-order valence-corrected chi connectivity index (χ1v) is 9.36. The Kier molecular flexibility index (Phi) is 4.30. The highest BCUT2D eigenvalue weighted by atomic mass is 16.5. The molecule has 5 atom stereocenters. The van der Waals surface area contributed by atoms with E-state index in [9.17, 15) is 4.79 Å². The van der Waals surface area contributed by atoms with Gasteiger partial charge in [-0.1, -0.05) is 34.1 Å². The Balaban J connectivity index is 1.86. The van der Waals surface area contributed by atoms with Crippen molar-refractivity contribution in [3.63, 3.8) is 0 Å². The summed E-state index contributed by atoms with van der Waals surface area (Å²) in [5.74, 6) is 1.65. The van der Waals surface area contributed by atoms with Crippen LogP contribution in [0.2, 0.25) is 0 Å². The predicted octanol–water partition coefficient (Wildman–Crippen LogP) is 3.91. The van der Waals surface area contributed by atoms with Crippen molar-refractivity contribution in [1.29, 1.82) is 0 Å². The maximum atomic E-state index is 12.3. The second-order valence-corrected chi connectivity index (χ2v) is 8.50. The van der Waals surface area contributed by atoms with Gasteiger partial charge < -0.3 is 10.1 Å². The molecule has 22 heavy (non-hydrogen) atoms. The molecule has 3 aliphatic rings. The molecule has 0 radical (unpaired) electrons. The molecule has 1 unspecified atom stereocenters. The predicted molar refractivity (Wildman–Crippen MR) is 88.5 cm³/mol. The van der Waals surface area contributed by atoms with E-state index in [4.69, 9.17) is 4.74 Å². The summed E-state index contributed by atoms with van der Waals surface area (Å²) in [5, 5.41) is 3.46. The molecule has 1 heterocycles. The van der Waals surface area contributed by atoms with Crippen molar-refractivity contribution in [3.8, 4) is 0 Å². The van der Waals surface area contributed by atoms with Crippen molar-refractivity contribution >= 4 is 5.91 Å². The Bertz CT molecular complexity index is 431. The fraction of sp³-hybridized carbons (Fsp3) is 0.947. The number of rotatable bonds is 5. The smallest absolute Gasteiger partial charge is 0.220 e. The molecule has 1 N–H and O–H groups in total. The Hall–Kier alpha value is -0.570. The molecule has 3 nitrogen and oxygen atoms in total. The Morgan fingerprint density at radius 1 is 1.27 bits per heavy atom. The fourth-order valence-electron chi connectivity index (χ4n) is 5.94. The highest BCUT2D eigenvalue weighted by Crippen LogP contribution is 2.68. The number of nitrogens with one attached hydrogen (secondary N) is 1. The van der Waals surface area contributed by atoms with Crippen LogP contribution in [-0.2, 0) is 9.53 Å². The topological polar surface area (TPSA) is 38.3 Å². The fourth-order valence-corrected chi connectivity index (χ4v) is 5.94. The number of fused-ring (bicyclic) bond motifs is 1. The van der Waals surface area contributed by atoms with E-state index < -0.39 is 0 Å². The van der Waals surface area contributed by atoms with Gasteiger partial charge in [-0.25, -0.2) is 0 Å². The number of amides is 1. The van der Waals surface area contributed by atoms with Gasteiger partial charge in [0.1, 0.15) is 0 Å². The quantitative estimate of drug-likeness (QED) is 0.836. The molecule has 3 fully saturated rings. The normalized spacial score (nSPS) is 42.2. The van der Waals surface area contributed by atoms with Crippen molar-refractivity contribution in [1.82, 2.24) is 5.32 Å². The second-order valence-electron chi connectivity index (χ2n) is 8.50. The molecule has 3 rings (SSSR count). The minimum atomic E-state index is 0.230. The van der Waals surface area contributed by atoms with E-state index in [-0.39, 0.29) is 11.3 Å². The van der Waals surface area contributed by atoms with Crippen LogP contribution in [0.4, 0.5) is 0 Å². The maximum Gasteiger partial charge on any atom is 0.220 e. The number of hydrogen-bond acceptors (Lipinski definition) is 2. The van der Waals surface area contributed by atoms with E-state index in [1.165, 1.54) is 25.7 Å². The monoisotopic (exact) mass is 307 g/mol. The van der Waals surface area contributed by atoms with Crippen molar-refractivity contribution in [3.05, 3.63) is 0 Å². The van der Waals surface area contributed by atoms with Crippen LogP contribution in [-0.4, -0.2) is 24.7 Å². The van der Waals surface area contributed by atoms with E-state index in [0.29, 0.717) is 29.9 Å². The Morgan fingerprint density at radius 2 is 2.05 bits per heavy atom. The summed E-state index contributed by atoms with van der Waals surface area (Å²) in [6.07, 6.45) is 8.11. The van der Waals surface area contributed by atoms with E-state index in [2.05, 4.69) is 33.0 Å². The van der Waals surface area contributed by atoms with Crippen LogP contribution in [0.3, 0.4) is 0 Å². The third-order valence-corrected chi connectivity index (χ3v) is 6.98. The lowest BCUT2D eigenvalue weighted by Crippen LogP contribution is -2.60. The first-order chi connectivity index (χ1) is 10.5. The zero-order valence-electron chi connectivity index (χ0n) is 14.8. The molecule has 1 amide bonds. The van der Waals surface area contributed by atoms with E-state index in [1.807, 2.05) is 0 Å². The van der Waals surface area contributed by atoms with Crippen LogP contribution in [0, 0.1) is 22.7 Å². The van der Waals surface area contributed by atoms with Crippen LogP contribution < -0.4 is 5.32 Å². The molecule has 2 aliphatic carbocycles. The van der Waals surface area contributed by atoms with Crippen LogP contribution in [0.25, 0.3) is 0 Å². The molecule has 0 aromatic rings. The van der Waals surface area contributed by atoms with Gasteiger partial charge in [0.15, 0.2) is 0 Å². The number of hydrogen-bond donors (Lipinski definition) is 1. The molecule has 2 bridgehead atoms. The van der Waals surface area contributed by atoms with Crippen LogP contribution >= 0.6 is 0 Å². The molecule has 126 valence electrons. The number of carbonyl (C=O) groups excluding carboxylic acids is 1. The standard InChI is InChI=1S/C19H33NO2/c1-5-7-15-14-11-13-12-19(14,9-10-22-15)17(18(13,3)4)20-16(21)8-6-2/h13-15,17H,5-12H2,1-4H3,(H,20,21)/t13-,14-,15-,17+,19?/m1/s1. The van der Waals surface area contributed by atoms with Crippen LogP contribution in [0.15, 0.2) is 0 Å². The summed E-state index contributed by atoms with van der Waals surface area (Å²) >= 11 is 0. The molecule has 1 saturated heterocycles. The first kappa shape index (κ1) is 16.3. The molecule has 1 spiro atoms. The average molecular weight is 307 g/mol. The molecule has 1 aliphatic heterocycles. The third kappa shape index (κ3) is 2.31. The van der Waals surface area contributed by atoms with Crippen LogP contribution in [0.5, 0.6) is 0 Å². The van der Waals surface area contributed by atoms with Gasteiger partial charge in [-0.15, -0.1) is 0 Å². The summed E-state index contributed by atoms with van der Waals surface area (Å²) in [4.78, 5) is 12.3. The van der Waals surface area contributed by atoms with Gasteiger partial charge in [0, 0.05) is 19.1 Å². The van der Waals surface area contributed by atoms with Gasteiger partial charge in [0.05, 0.1) is 6.10 Å². The van der Waals surface area contributed by atoms with Crippen molar-refractivity contribution < 1.29 is 9.53 Å². The molecule has 0 aromatic heterocycles. The minimum Gasteiger partial charge on any atom is -0.378 e. The Morgan fingerprint density at radius 3 is 2.73 bits per heavy atom. The Labute approximate surface area is 135 Å². The van der Waals surface area contributed by atoms with Crippen LogP contribution in [0.1, 0.15) is 72.6 Å². The van der Waals surface area contributed by atoms with Gasteiger partial charge in [0.25, 0.3) is 0 Å². The van der Waals surface area contributed by atoms with E-state index >= 15 is 0 Å². The van der Waals surface area contributed by atoms with Crippen molar-refractivity contribution in [2.24, 2.45) is 22.7 Å². The first-order valence-electron chi connectivity index (χ1n) is 9.36. The summed E-state index contributed by atoms with van der Waals surface area (Å²) < 4.78 is 6.14. The summed E-state index contributed by atoms with van der Waals surface area (Å²) in [5.41, 5.74) is 0.531. The molecule has 0 aromatic carbocycles. The van der Waals surface area contributed by atoms with Crippen molar-refractivity contribution in [2.75, 3.05) is 6.61 Å². The summed E-state index contributed by atoms with van der Waals surface area (Å²) in [6.45, 7) is 9.97. The average Bonchev–Trinajstić information content (AvgIpc) is 2.94. The summed E-state index contributed by atoms with van der Waals surface area (Å²) in [7, 11) is 0. The van der Waals surface area contributed by atoms with Gasteiger partial charge in [-0.3, -0.25) is 4.79 Å². The van der Waals surface area contributed by atoms with Gasteiger partial charge in [0.2, 0.25) is 5.91 Å². The number of carbonyl (C=O) groups is 1. The zero-order valence-corrected chi connectivity index (χ0v) is 14.8. The summed E-state index contributed by atoms with van der Waals surface area (Å²) in [6, 6.07) is 0.339. The van der Waals surface area contributed by atoms with Gasteiger partial charge >= 0.3 is 0 Å². The maximum absolute atomic E-state index is 12.3. The highest BCUT2D eigenvalue weighted by molar-refractivity contribution is 5.76. The van der Waals surface area contributed by atoms with E-state index in [0.717, 1.165) is 25.4 Å². The lowest BCUT2D eigenvalue weighted by atomic mass is 9.59. The highest BCUT2D eigenvalue weighted by Gasteiger charge is 2.68. The SMILES string of the molecule is CCCC(=O)N[C@H]1C(C)(C)[C@@H]2C[C@@H]3[C@@H](CCC)OCCC31C2. The molecule has 2 saturated carbocycles. The minimum absolute atomic E-state index is 0.230. The lowest BCUT2D eigenvalue weighted by molar-refractivity contribution is -0.137. The van der Waals surface area contributed by atoms with E-state index in [1.54, 1.807) is 0 Å². The van der Waals surface area contributed by atoms with Gasteiger partial charge in [-0.05, 0) is 54.8 Å². The molecule has 3 heteroatoms. The zero-order chi connectivity index (χ0) is 16.0. The number of ether oxygens (including phenoxy) is 1. The lowest BCUT2D eigenvalue weighted by Gasteiger charge is -2.53. The molecular weight excluding hydrogens is 274 g/mol. The third-order valence-electron chi connectivity index (χ3n) is 6.98.